The number of carbonyl (C=O) groups excluding carboxylic acids is 3. The van der Waals surface area contributed by atoms with E-state index in [0.717, 1.165) is 0 Å². The zero-order valence-electron chi connectivity index (χ0n) is 18.7. The minimum Gasteiger partial charge on any atom is -0.497 e. The minimum absolute atomic E-state index is 0.00934. The molecule has 1 aromatic rings. The molecule has 0 aliphatic carbocycles. The Morgan fingerprint density at radius 2 is 1.87 bits per heavy atom. The highest BCUT2D eigenvalue weighted by Crippen LogP contribution is 2.47. The Morgan fingerprint density at radius 3 is 2.40 bits per heavy atom. The lowest BCUT2D eigenvalue weighted by Crippen LogP contribution is -2.46. The first-order valence-corrected chi connectivity index (χ1v) is 9.93. The molecule has 0 N–H and O–H groups in total. The zero-order chi connectivity index (χ0) is 22.7. The second-order valence-corrected chi connectivity index (χ2v) is 8.38. The van der Waals surface area contributed by atoms with Crippen LogP contribution in [0.15, 0.2) is 18.2 Å². The second kappa shape index (κ2) is 8.93. The maximum Gasteiger partial charge on any atom is 0.414 e. The molecule has 1 amide bonds. The number of anilines is 1. The van der Waals surface area contributed by atoms with E-state index >= 15 is 0 Å². The van der Waals surface area contributed by atoms with Gasteiger partial charge in [-0.05, 0) is 57.9 Å². The summed E-state index contributed by atoms with van der Waals surface area (Å²) in [7, 11) is 2.82. The third-order valence-electron chi connectivity index (χ3n) is 4.98. The molecule has 0 fully saturated rings. The molecule has 0 saturated heterocycles. The predicted molar refractivity (Wildman–Crippen MR) is 111 cm³/mol. The largest absolute Gasteiger partial charge is 0.497 e. The van der Waals surface area contributed by atoms with E-state index in [1.54, 1.807) is 52.8 Å². The standard InChI is InChI=1S/C22H31NO7/c1-8-29-19(25)22(12-14(2)18(24)28-7)13-23(20(26)30-21(3,4)5)17-10-9-15(27-6)11-16(17)22/h9-11,14H,8,12-13H2,1-7H3. The minimum atomic E-state index is -1.26. The zero-order valence-corrected chi connectivity index (χ0v) is 18.7. The summed E-state index contributed by atoms with van der Waals surface area (Å²) in [6.45, 7) is 8.87. The van der Waals surface area contributed by atoms with E-state index in [0.29, 0.717) is 17.0 Å². The normalized spacial score (nSPS) is 19.0. The topological polar surface area (TPSA) is 91.4 Å². The number of carbonyl (C=O) groups is 3. The Bertz CT molecular complexity index is 814. The average molecular weight is 421 g/mol. The van der Waals surface area contributed by atoms with Gasteiger partial charge in [0.15, 0.2) is 0 Å². The smallest absolute Gasteiger partial charge is 0.414 e. The molecule has 30 heavy (non-hydrogen) atoms. The van der Waals surface area contributed by atoms with Crippen LogP contribution in [0.5, 0.6) is 5.75 Å². The Labute approximate surface area is 177 Å². The molecule has 1 aromatic carbocycles. The van der Waals surface area contributed by atoms with E-state index in [1.807, 2.05) is 0 Å². The fourth-order valence-corrected chi connectivity index (χ4v) is 3.69. The number of methoxy groups -OCH3 is 2. The fraction of sp³-hybridized carbons (Fsp3) is 0.591. The summed E-state index contributed by atoms with van der Waals surface area (Å²) in [5.41, 5.74) is -0.889. The number of ether oxygens (including phenoxy) is 4. The van der Waals surface area contributed by atoms with Gasteiger partial charge < -0.3 is 18.9 Å². The van der Waals surface area contributed by atoms with E-state index in [-0.39, 0.29) is 19.6 Å². The van der Waals surface area contributed by atoms with Gasteiger partial charge in [0.25, 0.3) is 0 Å². The summed E-state index contributed by atoms with van der Waals surface area (Å²) < 4.78 is 21.1. The summed E-state index contributed by atoms with van der Waals surface area (Å²) in [5.74, 6) is -1.03. The molecule has 0 spiro atoms. The maximum absolute atomic E-state index is 13.2. The molecule has 1 aliphatic heterocycles. The van der Waals surface area contributed by atoms with E-state index in [9.17, 15) is 14.4 Å². The van der Waals surface area contributed by atoms with Crippen LogP contribution in [-0.4, -0.2) is 51.0 Å². The SMILES string of the molecule is CCOC(=O)C1(CC(C)C(=O)OC)CN(C(=O)OC(C)(C)C)c2ccc(OC)cc21. The molecular weight excluding hydrogens is 390 g/mol. The van der Waals surface area contributed by atoms with Crippen molar-refractivity contribution >= 4 is 23.7 Å². The number of fused-ring (bicyclic) bond motifs is 1. The molecule has 0 bridgehead atoms. The van der Waals surface area contributed by atoms with Gasteiger partial charge in [-0.15, -0.1) is 0 Å². The van der Waals surface area contributed by atoms with Crippen LogP contribution in [0.3, 0.4) is 0 Å². The van der Waals surface area contributed by atoms with Crippen molar-refractivity contribution < 1.29 is 33.3 Å². The van der Waals surface area contributed by atoms with Crippen LogP contribution in [0.25, 0.3) is 0 Å². The molecule has 0 saturated carbocycles. The first-order valence-electron chi connectivity index (χ1n) is 9.93. The Morgan fingerprint density at radius 1 is 1.20 bits per heavy atom. The fourth-order valence-electron chi connectivity index (χ4n) is 3.69. The van der Waals surface area contributed by atoms with Gasteiger partial charge in [0.1, 0.15) is 16.8 Å². The highest BCUT2D eigenvalue weighted by molar-refractivity contribution is 5.99. The summed E-state index contributed by atoms with van der Waals surface area (Å²) in [5, 5.41) is 0. The maximum atomic E-state index is 13.2. The van der Waals surface area contributed by atoms with Crippen molar-refractivity contribution in [2.24, 2.45) is 5.92 Å². The molecule has 1 aliphatic rings. The van der Waals surface area contributed by atoms with Gasteiger partial charge in [-0.25, -0.2) is 4.79 Å². The van der Waals surface area contributed by atoms with E-state index in [1.165, 1.54) is 19.1 Å². The highest BCUT2D eigenvalue weighted by atomic mass is 16.6. The van der Waals surface area contributed by atoms with Crippen molar-refractivity contribution in [2.45, 2.75) is 52.1 Å². The number of hydrogen-bond donors (Lipinski definition) is 0. The van der Waals surface area contributed by atoms with Crippen molar-refractivity contribution in [1.82, 2.24) is 0 Å². The second-order valence-electron chi connectivity index (χ2n) is 8.38. The number of rotatable bonds is 6. The van der Waals surface area contributed by atoms with Crippen LogP contribution in [0.4, 0.5) is 10.5 Å². The van der Waals surface area contributed by atoms with E-state index < -0.39 is 35.0 Å². The van der Waals surface area contributed by atoms with Gasteiger partial charge in [0.2, 0.25) is 0 Å². The summed E-state index contributed by atoms with van der Waals surface area (Å²) in [4.78, 5) is 39.8. The van der Waals surface area contributed by atoms with Crippen LogP contribution in [0.2, 0.25) is 0 Å². The molecule has 8 heteroatoms. The van der Waals surface area contributed by atoms with Crippen molar-refractivity contribution in [3.63, 3.8) is 0 Å². The third kappa shape index (κ3) is 4.68. The van der Waals surface area contributed by atoms with Crippen molar-refractivity contribution in [2.75, 3.05) is 32.3 Å². The van der Waals surface area contributed by atoms with E-state index in [2.05, 4.69) is 0 Å². The molecule has 0 aromatic heterocycles. The lowest BCUT2D eigenvalue weighted by molar-refractivity contribution is -0.152. The average Bonchev–Trinajstić information content (AvgIpc) is 3.01. The summed E-state index contributed by atoms with van der Waals surface area (Å²) in [6, 6.07) is 5.13. The van der Waals surface area contributed by atoms with Gasteiger partial charge in [-0.2, -0.15) is 0 Å². The van der Waals surface area contributed by atoms with Crippen LogP contribution < -0.4 is 9.64 Å². The monoisotopic (exact) mass is 421 g/mol. The van der Waals surface area contributed by atoms with Crippen molar-refractivity contribution in [1.29, 1.82) is 0 Å². The Hall–Kier alpha value is -2.77. The third-order valence-corrected chi connectivity index (χ3v) is 4.98. The molecule has 2 atom stereocenters. The molecule has 0 radical (unpaired) electrons. The summed E-state index contributed by atoms with van der Waals surface area (Å²) in [6.07, 6.45) is -0.469. The number of benzene rings is 1. The van der Waals surface area contributed by atoms with Gasteiger partial charge >= 0.3 is 18.0 Å². The van der Waals surface area contributed by atoms with Gasteiger partial charge in [-0.1, -0.05) is 6.92 Å². The molecular formula is C22H31NO7. The predicted octanol–water partition coefficient (Wildman–Crippen LogP) is 3.45. The van der Waals surface area contributed by atoms with Crippen LogP contribution in [0.1, 0.15) is 46.6 Å². The number of hydrogen-bond acceptors (Lipinski definition) is 7. The molecule has 166 valence electrons. The van der Waals surface area contributed by atoms with Crippen molar-refractivity contribution in [3.8, 4) is 5.75 Å². The Kier molecular flexibility index (Phi) is 7.00. The lowest BCUT2D eigenvalue weighted by Gasteiger charge is -2.30. The molecule has 1 heterocycles. The quantitative estimate of drug-likeness (QED) is 0.513. The molecule has 2 unspecified atom stereocenters. The number of esters is 2. The number of nitrogens with zero attached hydrogens (tertiary/aromatic N) is 1. The van der Waals surface area contributed by atoms with Crippen molar-refractivity contribution in [3.05, 3.63) is 23.8 Å². The van der Waals surface area contributed by atoms with Crippen LogP contribution in [0, 0.1) is 5.92 Å². The van der Waals surface area contributed by atoms with Crippen LogP contribution >= 0.6 is 0 Å². The van der Waals surface area contributed by atoms with Crippen LogP contribution in [-0.2, 0) is 29.2 Å². The first kappa shape index (κ1) is 23.5. The van der Waals surface area contributed by atoms with Gasteiger partial charge in [0.05, 0.1) is 32.4 Å². The lowest BCUT2D eigenvalue weighted by atomic mass is 9.75. The van der Waals surface area contributed by atoms with Gasteiger partial charge in [-0.3, -0.25) is 14.5 Å². The Balaban J connectivity index is 2.62. The summed E-state index contributed by atoms with van der Waals surface area (Å²) >= 11 is 0. The molecule has 2 rings (SSSR count). The number of amides is 1. The van der Waals surface area contributed by atoms with E-state index in [4.69, 9.17) is 18.9 Å². The van der Waals surface area contributed by atoms with Gasteiger partial charge in [0, 0.05) is 6.54 Å². The highest BCUT2D eigenvalue weighted by Gasteiger charge is 2.53. The first-order chi connectivity index (χ1) is 14.0. The molecule has 8 nitrogen and oxygen atoms in total.